The number of hydrogen-bond acceptors (Lipinski definition) is 4. The molecule has 0 aliphatic heterocycles. The fourth-order valence-corrected chi connectivity index (χ4v) is 5.22. The third-order valence-corrected chi connectivity index (χ3v) is 7.44. The molecule has 0 spiro atoms. The Hall–Kier alpha value is -2.38. The molecule has 174 valence electrons. The lowest BCUT2D eigenvalue weighted by Gasteiger charge is -2.24. The number of aryl methyl sites for hydroxylation is 1. The number of hydrogen-bond donors (Lipinski definition) is 2. The second-order valence-corrected chi connectivity index (χ2v) is 10.3. The Bertz CT molecular complexity index is 955. The van der Waals surface area contributed by atoms with Crippen molar-refractivity contribution in [2.75, 3.05) is 0 Å². The molecular weight excluding hydrogens is 424 g/mol. The molecule has 1 aliphatic rings. The lowest BCUT2D eigenvalue weighted by molar-refractivity contribution is -0.128. The van der Waals surface area contributed by atoms with Gasteiger partial charge in [-0.3, -0.25) is 4.79 Å². The second kappa shape index (κ2) is 11.5. The van der Waals surface area contributed by atoms with Gasteiger partial charge in [0, 0.05) is 12.1 Å². The molecule has 1 amide bonds. The van der Waals surface area contributed by atoms with E-state index in [0.29, 0.717) is 12.2 Å². The maximum Gasteiger partial charge on any atom is 0.260 e. The van der Waals surface area contributed by atoms with Crippen molar-refractivity contribution in [2.45, 2.75) is 81.9 Å². The van der Waals surface area contributed by atoms with Crippen molar-refractivity contribution in [2.24, 2.45) is 0 Å². The summed E-state index contributed by atoms with van der Waals surface area (Å²) in [5, 5.41) is 3.05. The quantitative estimate of drug-likeness (QED) is 0.559. The summed E-state index contributed by atoms with van der Waals surface area (Å²) >= 11 is 0. The largest absolute Gasteiger partial charge is 0.481 e. The van der Waals surface area contributed by atoms with Crippen LogP contribution in [-0.2, 0) is 21.2 Å². The summed E-state index contributed by atoms with van der Waals surface area (Å²) in [7, 11) is -3.63. The third-order valence-electron chi connectivity index (χ3n) is 5.83. The molecule has 1 fully saturated rings. The van der Waals surface area contributed by atoms with Gasteiger partial charge in [-0.1, -0.05) is 49.6 Å². The molecule has 2 atom stereocenters. The fourth-order valence-electron chi connectivity index (χ4n) is 3.94. The summed E-state index contributed by atoms with van der Waals surface area (Å²) in [6.07, 6.45) is 6.42. The first kappa shape index (κ1) is 24.3. The highest BCUT2D eigenvalue weighted by atomic mass is 32.2. The molecule has 1 saturated carbocycles. The molecule has 32 heavy (non-hydrogen) atoms. The van der Waals surface area contributed by atoms with E-state index in [0.717, 1.165) is 32.1 Å². The van der Waals surface area contributed by atoms with Crippen LogP contribution >= 0.6 is 0 Å². The molecule has 0 radical (unpaired) electrons. The van der Waals surface area contributed by atoms with Crippen LogP contribution in [0.15, 0.2) is 59.5 Å². The summed E-state index contributed by atoms with van der Waals surface area (Å²) in [6, 6.07) is 16.2. The number of nitrogens with one attached hydrogen (secondary N) is 2. The van der Waals surface area contributed by atoms with Crippen LogP contribution in [0.1, 0.15) is 57.9 Å². The Morgan fingerprint density at radius 3 is 2.31 bits per heavy atom. The van der Waals surface area contributed by atoms with E-state index < -0.39 is 16.1 Å². The van der Waals surface area contributed by atoms with E-state index in [1.807, 2.05) is 37.3 Å². The molecule has 3 rings (SSSR count). The van der Waals surface area contributed by atoms with Gasteiger partial charge in [0.1, 0.15) is 5.75 Å². The molecule has 2 N–H and O–H groups in total. The summed E-state index contributed by atoms with van der Waals surface area (Å²) in [5.41, 5.74) is 1.18. The number of ether oxygens (including phenoxy) is 1. The first-order valence-corrected chi connectivity index (χ1v) is 12.9. The summed E-state index contributed by atoms with van der Waals surface area (Å²) in [4.78, 5) is 12.6. The number of amides is 1. The van der Waals surface area contributed by atoms with E-state index >= 15 is 0 Å². The van der Waals surface area contributed by atoms with Crippen LogP contribution in [0.3, 0.4) is 0 Å². The van der Waals surface area contributed by atoms with Gasteiger partial charge in [0.15, 0.2) is 6.10 Å². The van der Waals surface area contributed by atoms with Gasteiger partial charge < -0.3 is 10.1 Å². The van der Waals surface area contributed by atoms with Crippen LogP contribution in [0.5, 0.6) is 5.75 Å². The van der Waals surface area contributed by atoms with Gasteiger partial charge in [-0.05, 0) is 69.4 Å². The number of benzene rings is 2. The predicted molar refractivity (Wildman–Crippen MR) is 126 cm³/mol. The average molecular weight is 459 g/mol. The van der Waals surface area contributed by atoms with Crippen molar-refractivity contribution in [3.8, 4) is 5.75 Å². The van der Waals surface area contributed by atoms with Crippen molar-refractivity contribution in [3.05, 3.63) is 60.2 Å². The van der Waals surface area contributed by atoms with Crippen LogP contribution in [-0.4, -0.2) is 32.5 Å². The molecule has 0 heterocycles. The molecule has 0 unspecified atom stereocenters. The van der Waals surface area contributed by atoms with Crippen LogP contribution in [0, 0.1) is 0 Å². The van der Waals surface area contributed by atoms with E-state index in [1.54, 1.807) is 19.1 Å². The normalized spacial score (nSPS) is 16.8. The predicted octanol–water partition coefficient (Wildman–Crippen LogP) is 4.20. The molecule has 2 aromatic carbocycles. The van der Waals surface area contributed by atoms with E-state index in [4.69, 9.17) is 4.74 Å². The third kappa shape index (κ3) is 7.35. The van der Waals surface area contributed by atoms with Crippen LogP contribution in [0.25, 0.3) is 0 Å². The SMILES string of the molecule is C[C@H](CCc1ccccc1)NS(=O)(=O)c1ccc(O[C@@H](C)C(=O)NC2CCCCC2)cc1. The second-order valence-electron chi connectivity index (χ2n) is 8.62. The zero-order valence-corrected chi connectivity index (χ0v) is 19.7. The lowest BCUT2D eigenvalue weighted by atomic mass is 9.95. The fraction of sp³-hybridized carbons (Fsp3) is 0.480. The van der Waals surface area contributed by atoms with Gasteiger partial charge in [-0.15, -0.1) is 0 Å². The minimum atomic E-state index is -3.63. The van der Waals surface area contributed by atoms with Crippen molar-refractivity contribution in [3.63, 3.8) is 0 Å². The van der Waals surface area contributed by atoms with Gasteiger partial charge in [0.25, 0.3) is 5.91 Å². The van der Waals surface area contributed by atoms with Crippen molar-refractivity contribution in [1.29, 1.82) is 0 Å². The van der Waals surface area contributed by atoms with Crippen molar-refractivity contribution >= 4 is 15.9 Å². The standard InChI is InChI=1S/C25H34N2O4S/c1-19(13-14-21-9-5-3-6-10-21)27-32(29,30)24-17-15-23(16-18-24)31-20(2)25(28)26-22-11-7-4-8-12-22/h3,5-6,9-10,15-20,22,27H,4,7-8,11-14H2,1-2H3,(H,26,28)/t19-,20+/m1/s1. The van der Waals surface area contributed by atoms with E-state index in [-0.39, 0.29) is 22.9 Å². The maximum atomic E-state index is 12.7. The molecule has 0 bridgehead atoms. The van der Waals surface area contributed by atoms with Crippen LogP contribution in [0.4, 0.5) is 0 Å². The molecule has 1 aliphatic carbocycles. The highest BCUT2D eigenvalue weighted by Crippen LogP contribution is 2.20. The Kier molecular flexibility index (Phi) is 8.70. The Morgan fingerprint density at radius 2 is 1.66 bits per heavy atom. The minimum absolute atomic E-state index is 0.137. The van der Waals surface area contributed by atoms with Gasteiger partial charge >= 0.3 is 0 Å². The maximum absolute atomic E-state index is 12.7. The minimum Gasteiger partial charge on any atom is -0.481 e. The van der Waals surface area contributed by atoms with E-state index in [1.165, 1.54) is 24.1 Å². The number of carbonyl (C=O) groups excluding carboxylic acids is 1. The first-order chi connectivity index (χ1) is 15.3. The summed E-state index contributed by atoms with van der Waals surface area (Å²) < 4.78 is 33.9. The molecule has 2 aromatic rings. The Balaban J connectivity index is 1.50. The van der Waals surface area contributed by atoms with Crippen LogP contribution in [0.2, 0.25) is 0 Å². The monoisotopic (exact) mass is 458 g/mol. The lowest BCUT2D eigenvalue weighted by Crippen LogP contribution is -2.43. The molecule has 7 heteroatoms. The van der Waals surface area contributed by atoms with Gasteiger partial charge in [0.2, 0.25) is 10.0 Å². The van der Waals surface area contributed by atoms with Gasteiger partial charge in [-0.2, -0.15) is 0 Å². The average Bonchev–Trinajstić information content (AvgIpc) is 2.79. The van der Waals surface area contributed by atoms with Crippen LogP contribution < -0.4 is 14.8 Å². The molecule has 0 aromatic heterocycles. The topological polar surface area (TPSA) is 84.5 Å². The highest BCUT2D eigenvalue weighted by Gasteiger charge is 2.21. The smallest absolute Gasteiger partial charge is 0.260 e. The Morgan fingerprint density at radius 1 is 1.00 bits per heavy atom. The molecular formula is C25H34N2O4S. The molecule has 0 saturated heterocycles. The summed E-state index contributed by atoms with van der Waals surface area (Å²) in [5.74, 6) is 0.329. The van der Waals surface area contributed by atoms with Crippen molar-refractivity contribution < 1.29 is 17.9 Å². The molecule has 6 nitrogen and oxygen atoms in total. The first-order valence-electron chi connectivity index (χ1n) is 11.5. The number of sulfonamides is 1. The Labute approximate surface area is 191 Å². The van der Waals surface area contributed by atoms with E-state index in [9.17, 15) is 13.2 Å². The van der Waals surface area contributed by atoms with E-state index in [2.05, 4.69) is 10.0 Å². The number of rotatable bonds is 10. The zero-order valence-electron chi connectivity index (χ0n) is 18.9. The zero-order chi connectivity index (χ0) is 23.0. The highest BCUT2D eigenvalue weighted by molar-refractivity contribution is 7.89. The van der Waals surface area contributed by atoms with Gasteiger partial charge in [-0.25, -0.2) is 13.1 Å². The number of carbonyl (C=O) groups is 1. The summed E-state index contributed by atoms with van der Waals surface area (Å²) in [6.45, 7) is 3.57. The van der Waals surface area contributed by atoms with Gasteiger partial charge in [0.05, 0.1) is 4.90 Å². The van der Waals surface area contributed by atoms with Crippen molar-refractivity contribution in [1.82, 2.24) is 10.0 Å².